The van der Waals surface area contributed by atoms with Crippen LogP contribution in [0.4, 0.5) is 0 Å². The summed E-state index contributed by atoms with van der Waals surface area (Å²) in [4.78, 5) is 29.5. The van der Waals surface area contributed by atoms with E-state index in [2.05, 4.69) is 66.7 Å². The molecule has 0 fully saturated rings. The van der Waals surface area contributed by atoms with Crippen molar-refractivity contribution < 1.29 is 0 Å². The van der Waals surface area contributed by atoms with Crippen LogP contribution in [0.15, 0.2) is 188 Å². The van der Waals surface area contributed by atoms with Gasteiger partial charge in [-0.05, 0) is 52.6 Å². The maximum atomic E-state index is 9.32. The van der Waals surface area contributed by atoms with Crippen molar-refractivity contribution in [2.75, 3.05) is 0 Å². The second-order valence-electron chi connectivity index (χ2n) is 13.1. The number of benzene rings is 7. The third-order valence-electron chi connectivity index (χ3n) is 9.45. The van der Waals surface area contributed by atoms with Gasteiger partial charge in [0, 0.05) is 33.4 Å². The van der Waals surface area contributed by atoms with Crippen LogP contribution >= 0.6 is 0 Å². The lowest BCUT2D eigenvalue weighted by Crippen LogP contribution is -2.00. The van der Waals surface area contributed by atoms with Crippen LogP contribution < -0.4 is 0 Å². The molecule has 0 radical (unpaired) electrons. The molecule has 0 atom stereocenters. The van der Waals surface area contributed by atoms with Crippen LogP contribution in [0, 0.1) is 11.3 Å². The molecule has 0 N–H and O–H groups in total. The summed E-state index contributed by atoms with van der Waals surface area (Å²) in [6.07, 6.45) is 0. The lowest BCUT2D eigenvalue weighted by atomic mass is 10.0. The molecule has 7 aromatic carbocycles. The Balaban J connectivity index is 1.06. The molecule has 0 bridgehead atoms. The van der Waals surface area contributed by atoms with E-state index in [4.69, 9.17) is 29.9 Å². The third kappa shape index (κ3) is 7.19. The quantitative estimate of drug-likeness (QED) is 0.154. The van der Waals surface area contributed by atoms with Gasteiger partial charge in [0.15, 0.2) is 34.9 Å². The van der Waals surface area contributed by atoms with Crippen LogP contribution in [-0.4, -0.2) is 29.9 Å². The predicted molar refractivity (Wildman–Crippen MR) is 221 cm³/mol. The van der Waals surface area contributed by atoms with Gasteiger partial charge < -0.3 is 0 Å². The SMILES string of the molecule is N#Cc1ccc(-c2nc(-c3ccccc3)nc(-c3cccc(-c4ccc(-c5nc(-c6ccccc6)nc(-c6ccc(-c7ccccc7)cc6)n5)cc4)c3)n2)cc1. The summed E-state index contributed by atoms with van der Waals surface area (Å²) in [5.74, 6) is 3.48. The van der Waals surface area contributed by atoms with Crippen molar-refractivity contribution in [2.24, 2.45) is 0 Å². The first-order valence-electron chi connectivity index (χ1n) is 18.2. The highest BCUT2D eigenvalue weighted by Gasteiger charge is 2.15. The Kier molecular flexibility index (Phi) is 9.18. The molecule has 2 aromatic heterocycles. The predicted octanol–water partition coefficient (Wildman–Crippen LogP) is 11.3. The first-order chi connectivity index (χ1) is 27.7. The molecular weight excluding hydrogens is 687 g/mol. The van der Waals surface area contributed by atoms with Gasteiger partial charge in [-0.1, -0.05) is 158 Å². The Hall–Kier alpha value is -7.95. The van der Waals surface area contributed by atoms with E-state index in [0.29, 0.717) is 40.5 Å². The van der Waals surface area contributed by atoms with Crippen molar-refractivity contribution >= 4 is 0 Å². The van der Waals surface area contributed by atoms with Crippen molar-refractivity contribution in [1.29, 1.82) is 5.26 Å². The van der Waals surface area contributed by atoms with E-state index in [0.717, 1.165) is 55.6 Å². The van der Waals surface area contributed by atoms with Crippen LogP contribution in [0.1, 0.15) is 5.56 Å². The van der Waals surface area contributed by atoms with Gasteiger partial charge in [0.1, 0.15) is 0 Å². The molecule has 0 aliphatic carbocycles. The van der Waals surface area contributed by atoms with Crippen molar-refractivity contribution in [3.8, 4) is 96.7 Å². The standard InChI is InChI=1S/C49H31N7/c50-32-33-19-21-39(22-20-33)46-53-45(38-15-8-3-9-16-38)55-49(56-46)43-18-10-17-42(31-43)36-25-29-41(30-26-36)48-52-44(37-13-6-2-7-14-37)51-47(54-48)40-27-23-35(24-28-40)34-11-4-1-5-12-34/h1-31H. The second-order valence-corrected chi connectivity index (χ2v) is 13.1. The van der Waals surface area contributed by atoms with Gasteiger partial charge >= 0.3 is 0 Å². The zero-order chi connectivity index (χ0) is 37.7. The second kappa shape index (κ2) is 15.2. The average Bonchev–Trinajstić information content (AvgIpc) is 3.30. The number of nitrogens with zero attached hydrogens (tertiary/aromatic N) is 7. The van der Waals surface area contributed by atoms with E-state index in [-0.39, 0.29) is 0 Å². The van der Waals surface area contributed by atoms with Crippen molar-refractivity contribution in [3.05, 3.63) is 194 Å². The van der Waals surface area contributed by atoms with E-state index in [1.807, 2.05) is 115 Å². The smallest absolute Gasteiger partial charge is 0.164 e. The topological polar surface area (TPSA) is 101 Å². The fourth-order valence-electron chi connectivity index (χ4n) is 6.49. The highest BCUT2D eigenvalue weighted by molar-refractivity contribution is 5.75. The van der Waals surface area contributed by atoms with Gasteiger partial charge in [-0.2, -0.15) is 5.26 Å². The molecule has 0 saturated heterocycles. The number of rotatable bonds is 8. The van der Waals surface area contributed by atoms with Crippen molar-refractivity contribution in [1.82, 2.24) is 29.9 Å². The molecule has 9 aromatic rings. The van der Waals surface area contributed by atoms with E-state index in [1.54, 1.807) is 12.1 Å². The first-order valence-corrected chi connectivity index (χ1v) is 18.2. The minimum absolute atomic E-state index is 0.534. The summed E-state index contributed by atoms with van der Waals surface area (Å²) in [6, 6.07) is 64.4. The van der Waals surface area contributed by atoms with Gasteiger partial charge in [0.25, 0.3) is 0 Å². The molecule has 2 heterocycles. The van der Waals surface area contributed by atoms with Gasteiger partial charge in [-0.25, -0.2) is 29.9 Å². The molecule has 7 nitrogen and oxygen atoms in total. The molecule has 0 aliphatic rings. The summed E-state index contributed by atoms with van der Waals surface area (Å²) in [6.45, 7) is 0. The number of hydrogen-bond donors (Lipinski definition) is 0. The highest BCUT2D eigenvalue weighted by atomic mass is 15.0. The Bertz CT molecular complexity index is 2820. The minimum Gasteiger partial charge on any atom is -0.208 e. The number of hydrogen-bond acceptors (Lipinski definition) is 7. The molecule has 0 unspecified atom stereocenters. The molecular formula is C49H31N7. The summed E-state index contributed by atoms with van der Waals surface area (Å²) < 4.78 is 0. The molecule has 0 aliphatic heterocycles. The van der Waals surface area contributed by atoms with E-state index < -0.39 is 0 Å². The number of nitriles is 1. The lowest BCUT2D eigenvalue weighted by Gasteiger charge is -2.11. The Morgan fingerprint density at radius 2 is 0.518 bits per heavy atom. The van der Waals surface area contributed by atoms with Crippen LogP contribution in [0.2, 0.25) is 0 Å². The Morgan fingerprint density at radius 1 is 0.250 bits per heavy atom. The summed E-state index contributed by atoms with van der Waals surface area (Å²) in [7, 11) is 0. The zero-order valence-corrected chi connectivity index (χ0v) is 30.0. The maximum absolute atomic E-state index is 9.32. The lowest BCUT2D eigenvalue weighted by molar-refractivity contribution is 1.07. The fraction of sp³-hybridized carbons (Fsp3) is 0. The zero-order valence-electron chi connectivity index (χ0n) is 30.0. The molecule has 262 valence electrons. The van der Waals surface area contributed by atoms with E-state index in [1.165, 1.54) is 0 Å². The van der Waals surface area contributed by atoms with E-state index >= 15 is 0 Å². The summed E-state index contributed by atoms with van der Waals surface area (Å²) in [5, 5.41) is 9.32. The summed E-state index contributed by atoms with van der Waals surface area (Å²) in [5.41, 5.74) is 10.2. The molecule has 9 rings (SSSR count). The normalized spacial score (nSPS) is 10.8. The minimum atomic E-state index is 0.534. The summed E-state index contributed by atoms with van der Waals surface area (Å²) >= 11 is 0. The van der Waals surface area contributed by atoms with Gasteiger partial charge in [0.05, 0.1) is 11.6 Å². The number of aromatic nitrogens is 6. The maximum Gasteiger partial charge on any atom is 0.164 e. The van der Waals surface area contributed by atoms with Gasteiger partial charge in [0.2, 0.25) is 0 Å². The molecule has 0 saturated carbocycles. The largest absolute Gasteiger partial charge is 0.208 e. The molecule has 0 spiro atoms. The molecule has 0 amide bonds. The third-order valence-corrected chi connectivity index (χ3v) is 9.45. The highest BCUT2D eigenvalue weighted by Crippen LogP contribution is 2.31. The van der Waals surface area contributed by atoms with Crippen LogP contribution in [0.3, 0.4) is 0 Å². The van der Waals surface area contributed by atoms with Crippen molar-refractivity contribution in [2.45, 2.75) is 0 Å². The van der Waals surface area contributed by atoms with Crippen LogP contribution in [0.25, 0.3) is 90.6 Å². The van der Waals surface area contributed by atoms with Crippen molar-refractivity contribution in [3.63, 3.8) is 0 Å². The van der Waals surface area contributed by atoms with E-state index in [9.17, 15) is 5.26 Å². The molecule has 7 heteroatoms. The Labute approximate surface area is 324 Å². The van der Waals surface area contributed by atoms with Gasteiger partial charge in [-0.3, -0.25) is 0 Å². The van der Waals surface area contributed by atoms with Gasteiger partial charge in [-0.15, -0.1) is 0 Å². The average molecular weight is 718 g/mol. The Morgan fingerprint density at radius 3 is 0.929 bits per heavy atom. The fourth-order valence-corrected chi connectivity index (χ4v) is 6.49. The van der Waals surface area contributed by atoms with Crippen LogP contribution in [-0.2, 0) is 0 Å². The first kappa shape index (κ1) is 33.9. The van der Waals surface area contributed by atoms with Crippen LogP contribution in [0.5, 0.6) is 0 Å². The molecule has 56 heavy (non-hydrogen) atoms. The monoisotopic (exact) mass is 717 g/mol.